The number of carbonyl (C=O) groups excluding carboxylic acids is 1. The van der Waals surface area contributed by atoms with Crippen LogP contribution in [0.25, 0.3) is 16.5 Å². The Morgan fingerprint density at radius 3 is 2.65 bits per heavy atom. The van der Waals surface area contributed by atoms with Crippen molar-refractivity contribution in [2.45, 2.75) is 12.8 Å². The molecule has 1 amide bonds. The van der Waals surface area contributed by atoms with Crippen molar-refractivity contribution in [3.05, 3.63) is 89.8 Å². The quantitative estimate of drug-likeness (QED) is 0.326. The Kier molecular flexibility index (Phi) is 8.82. The van der Waals surface area contributed by atoms with Gasteiger partial charge in [-0.15, -0.1) is 0 Å². The molecule has 0 unspecified atom stereocenters. The molecule has 0 spiro atoms. The summed E-state index contributed by atoms with van der Waals surface area (Å²) in [5.74, 6) is 0.213. The highest BCUT2D eigenvalue weighted by molar-refractivity contribution is 6.03. The monoisotopic (exact) mass is 496 g/mol. The number of hydrogen-bond donors (Lipinski definition) is 2. The number of likely N-dealkylation sites (N-methyl/N-ethyl adjacent to an activating group) is 1. The Hall–Kier alpha value is -3.81. The third-order valence-corrected chi connectivity index (χ3v) is 6.83. The van der Waals surface area contributed by atoms with Gasteiger partial charge in [-0.3, -0.25) is 9.79 Å². The first-order valence-corrected chi connectivity index (χ1v) is 12.7. The summed E-state index contributed by atoms with van der Waals surface area (Å²) >= 11 is 0. The number of nitrogens with zero attached hydrogens (tertiary/aromatic N) is 4. The van der Waals surface area contributed by atoms with E-state index in [0.29, 0.717) is 11.5 Å². The Bertz CT molecular complexity index is 1310. The number of amides is 1. The van der Waals surface area contributed by atoms with Crippen LogP contribution in [0.3, 0.4) is 0 Å². The van der Waals surface area contributed by atoms with Crippen molar-refractivity contribution in [2.75, 3.05) is 52.1 Å². The van der Waals surface area contributed by atoms with Crippen LogP contribution in [0.1, 0.15) is 23.1 Å². The number of aromatic nitrogens is 1. The molecule has 0 bridgehead atoms. The number of piperazine rings is 1. The zero-order chi connectivity index (χ0) is 26.2. The highest BCUT2D eigenvalue weighted by Crippen LogP contribution is 2.25. The van der Waals surface area contributed by atoms with Crippen molar-refractivity contribution >= 4 is 34.9 Å². The molecule has 0 atom stereocenters. The average Bonchev–Trinajstić information content (AvgIpc) is 2.91. The molecule has 1 aliphatic rings. The largest absolute Gasteiger partial charge is 0.388 e. The number of rotatable bonds is 10. The molecular weight excluding hydrogens is 460 g/mol. The molecule has 3 aromatic rings. The summed E-state index contributed by atoms with van der Waals surface area (Å²) in [6.45, 7) is 12.9. The predicted molar refractivity (Wildman–Crippen MR) is 154 cm³/mol. The van der Waals surface area contributed by atoms with Crippen molar-refractivity contribution in [1.29, 1.82) is 0 Å². The van der Waals surface area contributed by atoms with E-state index in [9.17, 15) is 4.79 Å². The van der Waals surface area contributed by atoms with Crippen LogP contribution in [0.4, 0.5) is 5.82 Å². The van der Waals surface area contributed by atoms with E-state index in [-0.39, 0.29) is 5.91 Å². The van der Waals surface area contributed by atoms with Gasteiger partial charge in [-0.2, -0.15) is 0 Å². The molecule has 0 saturated carbocycles. The van der Waals surface area contributed by atoms with Crippen molar-refractivity contribution in [2.24, 2.45) is 4.99 Å². The Labute approximate surface area is 219 Å². The Morgan fingerprint density at radius 2 is 1.89 bits per heavy atom. The normalized spacial score (nSPS) is 14.9. The van der Waals surface area contributed by atoms with Crippen LogP contribution in [-0.4, -0.2) is 74.2 Å². The molecule has 2 heterocycles. The number of anilines is 1. The van der Waals surface area contributed by atoms with Gasteiger partial charge >= 0.3 is 0 Å². The van der Waals surface area contributed by atoms with Crippen LogP contribution in [0.15, 0.2) is 78.1 Å². The molecule has 192 valence electrons. The van der Waals surface area contributed by atoms with Gasteiger partial charge in [0.15, 0.2) is 0 Å². The second-order valence-electron chi connectivity index (χ2n) is 9.45. The highest BCUT2D eigenvalue weighted by atomic mass is 16.2. The fourth-order valence-corrected chi connectivity index (χ4v) is 4.59. The summed E-state index contributed by atoms with van der Waals surface area (Å²) in [6.07, 6.45) is 5.06. The van der Waals surface area contributed by atoms with E-state index in [1.165, 1.54) is 5.56 Å². The van der Waals surface area contributed by atoms with E-state index in [2.05, 4.69) is 81.1 Å². The zero-order valence-corrected chi connectivity index (χ0v) is 21.8. The second-order valence-corrected chi connectivity index (χ2v) is 9.45. The summed E-state index contributed by atoms with van der Waals surface area (Å²) in [4.78, 5) is 25.8. The molecule has 1 saturated heterocycles. The summed E-state index contributed by atoms with van der Waals surface area (Å²) in [7, 11) is 4.03. The van der Waals surface area contributed by atoms with Crippen molar-refractivity contribution in [3.63, 3.8) is 0 Å². The van der Waals surface area contributed by atoms with Gasteiger partial charge in [0.1, 0.15) is 11.5 Å². The smallest absolute Gasteiger partial charge is 0.275 e. The lowest BCUT2D eigenvalue weighted by molar-refractivity contribution is -0.112. The van der Waals surface area contributed by atoms with Gasteiger partial charge in [-0.25, -0.2) is 4.98 Å². The second kappa shape index (κ2) is 12.4. The van der Waals surface area contributed by atoms with E-state index in [1.807, 2.05) is 31.3 Å². The predicted octanol–water partition coefficient (Wildman–Crippen LogP) is 4.18. The SMILES string of the molecule is C=N/C(=C\CCN1CCN(C)CC1)C(=O)Nc1cc(Cc2ccc3c(C(=C)NC)cccc3c2)ccn1. The summed E-state index contributed by atoms with van der Waals surface area (Å²) in [5.41, 5.74) is 4.57. The van der Waals surface area contributed by atoms with E-state index in [4.69, 9.17) is 0 Å². The molecule has 0 aliphatic carbocycles. The van der Waals surface area contributed by atoms with Crippen molar-refractivity contribution < 1.29 is 4.79 Å². The van der Waals surface area contributed by atoms with Crippen LogP contribution >= 0.6 is 0 Å². The molecule has 2 aromatic carbocycles. The number of pyridine rings is 1. The van der Waals surface area contributed by atoms with Crippen LogP contribution in [0.5, 0.6) is 0 Å². The fraction of sp³-hybridized carbons (Fsp3) is 0.300. The third kappa shape index (κ3) is 6.90. The molecular formula is C30H36N6O. The molecule has 1 fully saturated rings. The summed E-state index contributed by atoms with van der Waals surface area (Å²) in [5, 5.41) is 8.34. The first kappa shape index (κ1) is 26.3. The highest BCUT2D eigenvalue weighted by Gasteiger charge is 2.14. The average molecular weight is 497 g/mol. The van der Waals surface area contributed by atoms with Crippen LogP contribution < -0.4 is 10.6 Å². The minimum Gasteiger partial charge on any atom is -0.388 e. The number of hydrogen-bond acceptors (Lipinski definition) is 6. The van der Waals surface area contributed by atoms with Crippen molar-refractivity contribution in [3.8, 4) is 0 Å². The minimum absolute atomic E-state index is 0.291. The van der Waals surface area contributed by atoms with Crippen LogP contribution in [-0.2, 0) is 11.2 Å². The number of benzene rings is 2. The number of nitrogens with one attached hydrogen (secondary N) is 2. The van der Waals surface area contributed by atoms with E-state index in [1.54, 1.807) is 6.20 Å². The van der Waals surface area contributed by atoms with Gasteiger partial charge in [0.25, 0.3) is 5.91 Å². The number of fused-ring (bicyclic) bond motifs is 1. The molecule has 1 aliphatic heterocycles. The van der Waals surface area contributed by atoms with E-state index in [0.717, 1.165) is 73.2 Å². The minimum atomic E-state index is -0.291. The Morgan fingerprint density at radius 1 is 1.11 bits per heavy atom. The van der Waals surface area contributed by atoms with Crippen LogP contribution in [0.2, 0.25) is 0 Å². The van der Waals surface area contributed by atoms with Gasteiger partial charge < -0.3 is 20.4 Å². The number of aliphatic imine (C=N–C) groups is 1. The first-order chi connectivity index (χ1) is 18.0. The topological polar surface area (TPSA) is 72.9 Å². The molecule has 7 nitrogen and oxygen atoms in total. The summed E-state index contributed by atoms with van der Waals surface area (Å²) in [6, 6.07) is 16.6. The lowest BCUT2D eigenvalue weighted by Gasteiger charge is -2.32. The lowest BCUT2D eigenvalue weighted by Crippen LogP contribution is -2.44. The first-order valence-electron chi connectivity index (χ1n) is 12.7. The van der Waals surface area contributed by atoms with Crippen LogP contribution in [0, 0.1) is 0 Å². The fourth-order valence-electron chi connectivity index (χ4n) is 4.59. The van der Waals surface area contributed by atoms with Gasteiger partial charge in [0.05, 0.1) is 0 Å². The van der Waals surface area contributed by atoms with Crippen molar-refractivity contribution in [1.82, 2.24) is 20.1 Å². The lowest BCUT2D eigenvalue weighted by atomic mass is 9.98. The third-order valence-electron chi connectivity index (χ3n) is 6.83. The van der Waals surface area contributed by atoms with Gasteiger partial charge in [-0.05, 0) is 60.6 Å². The maximum Gasteiger partial charge on any atom is 0.275 e. The van der Waals surface area contributed by atoms with E-state index < -0.39 is 0 Å². The molecule has 0 radical (unpaired) electrons. The maximum absolute atomic E-state index is 12.8. The Balaban J connectivity index is 1.39. The van der Waals surface area contributed by atoms with Gasteiger partial charge in [-0.1, -0.05) is 49.1 Å². The summed E-state index contributed by atoms with van der Waals surface area (Å²) < 4.78 is 0. The molecule has 4 rings (SSSR count). The van der Waals surface area contributed by atoms with Gasteiger partial charge in [0, 0.05) is 57.2 Å². The van der Waals surface area contributed by atoms with Gasteiger partial charge in [0.2, 0.25) is 0 Å². The van der Waals surface area contributed by atoms with E-state index >= 15 is 0 Å². The zero-order valence-electron chi connectivity index (χ0n) is 21.8. The molecule has 2 N–H and O–H groups in total. The molecule has 1 aromatic heterocycles. The maximum atomic E-state index is 12.8. The standard InChI is InChI=1S/C30H36N6O/c1-22(31-2)26-8-5-7-25-20-23(10-11-27(25)26)19-24-12-13-33-29(21-24)34-30(37)28(32-3)9-6-14-36-17-15-35(4)16-18-36/h5,7-13,20-21,31H,1,3,6,14-19H2,2,4H3,(H,33,34,37)/b28-9-. The number of carbonyl (C=O) groups is 1. The molecule has 7 heteroatoms. The molecule has 37 heavy (non-hydrogen) atoms.